The lowest BCUT2D eigenvalue weighted by atomic mass is 10.1. The number of nitrogens with zero attached hydrogens (tertiary/aromatic N) is 2. The monoisotopic (exact) mass is 478 g/mol. The fraction of sp³-hybridized carbons (Fsp3) is 0.269. The van der Waals surface area contributed by atoms with E-state index in [1.807, 2.05) is 58.0 Å². The summed E-state index contributed by atoms with van der Waals surface area (Å²) >= 11 is 0. The quantitative estimate of drug-likeness (QED) is 0.490. The molecule has 1 unspecified atom stereocenters. The van der Waals surface area contributed by atoms with E-state index in [1.54, 1.807) is 30.8 Å². The Balaban J connectivity index is 1.75. The lowest BCUT2D eigenvalue weighted by Gasteiger charge is -2.13. The molecule has 0 aliphatic heterocycles. The van der Waals surface area contributed by atoms with Crippen molar-refractivity contribution in [3.05, 3.63) is 71.7 Å². The smallest absolute Gasteiger partial charge is 0.228 e. The average molecular weight is 479 g/mol. The highest BCUT2D eigenvalue weighted by molar-refractivity contribution is 7.84. The van der Waals surface area contributed by atoms with Crippen molar-refractivity contribution in [1.29, 1.82) is 0 Å². The largest absolute Gasteiger partial charge is 0.456 e. The molecule has 34 heavy (non-hydrogen) atoms. The molecule has 0 saturated heterocycles. The van der Waals surface area contributed by atoms with Crippen LogP contribution >= 0.6 is 0 Å². The van der Waals surface area contributed by atoms with Gasteiger partial charge in [0.15, 0.2) is 0 Å². The van der Waals surface area contributed by atoms with Crippen LogP contribution in [0, 0.1) is 6.92 Å². The third-order valence-corrected chi connectivity index (χ3v) is 5.80. The predicted molar refractivity (Wildman–Crippen MR) is 138 cm³/mol. The number of ether oxygens (including phenoxy) is 1. The molecular formula is C26H30N4O3S. The van der Waals surface area contributed by atoms with E-state index < -0.39 is 10.8 Å². The van der Waals surface area contributed by atoms with Gasteiger partial charge in [-0.15, -0.1) is 0 Å². The van der Waals surface area contributed by atoms with Gasteiger partial charge in [0.2, 0.25) is 5.91 Å². The molecule has 3 N–H and O–H groups in total. The normalized spacial score (nSPS) is 13.3. The molecule has 8 heteroatoms. The van der Waals surface area contributed by atoms with E-state index in [0.717, 1.165) is 22.0 Å². The summed E-state index contributed by atoms with van der Waals surface area (Å²) in [6, 6.07) is 12.9. The maximum atomic E-state index is 12.5. The van der Waals surface area contributed by atoms with Crippen LogP contribution in [0.25, 0.3) is 10.9 Å². The number of fused-ring (bicyclic) bond motifs is 1. The Labute approximate surface area is 202 Å². The van der Waals surface area contributed by atoms with E-state index in [0.29, 0.717) is 22.1 Å². The minimum Gasteiger partial charge on any atom is -0.456 e. The summed E-state index contributed by atoms with van der Waals surface area (Å²) in [5, 5.41) is 3.57. The van der Waals surface area contributed by atoms with Gasteiger partial charge in [0.05, 0.1) is 23.2 Å². The van der Waals surface area contributed by atoms with Gasteiger partial charge in [-0.3, -0.25) is 19.0 Å². The number of carbonyl (C=O) groups is 1. The molecule has 0 radical (unpaired) electrons. The van der Waals surface area contributed by atoms with E-state index in [4.69, 9.17) is 10.5 Å². The van der Waals surface area contributed by atoms with Crippen LogP contribution in [-0.4, -0.2) is 33.1 Å². The first-order chi connectivity index (χ1) is 16.1. The van der Waals surface area contributed by atoms with Crippen LogP contribution in [0.2, 0.25) is 0 Å². The fourth-order valence-corrected chi connectivity index (χ4v) is 3.74. The van der Waals surface area contributed by atoms with Gasteiger partial charge in [0, 0.05) is 45.9 Å². The summed E-state index contributed by atoms with van der Waals surface area (Å²) in [7, 11) is -1.11. The van der Waals surface area contributed by atoms with E-state index in [2.05, 4.69) is 15.3 Å². The highest BCUT2D eigenvalue weighted by atomic mass is 32.2. The zero-order chi connectivity index (χ0) is 24.9. The molecule has 1 atom stereocenters. The van der Waals surface area contributed by atoms with Gasteiger partial charge in [0.1, 0.15) is 11.5 Å². The van der Waals surface area contributed by atoms with Crippen LogP contribution in [-0.2, 0) is 22.0 Å². The number of amides is 1. The van der Waals surface area contributed by atoms with Crippen LogP contribution in [0.15, 0.2) is 70.4 Å². The van der Waals surface area contributed by atoms with Gasteiger partial charge in [0.25, 0.3) is 0 Å². The van der Waals surface area contributed by atoms with Crippen LogP contribution in [0.3, 0.4) is 0 Å². The van der Waals surface area contributed by atoms with Crippen molar-refractivity contribution >= 4 is 33.8 Å². The predicted octanol–water partition coefficient (Wildman–Crippen LogP) is 4.40. The summed E-state index contributed by atoms with van der Waals surface area (Å²) in [4.78, 5) is 21.9. The molecule has 0 bridgehead atoms. The number of nitrogens with one attached hydrogen (secondary N) is 1. The molecule has 1 amide bonds. The van der Waals surface area contributed by atoms with Gasteiger partial charge >= 0.3 is 0 Å². The van der Waals surface area contributed by atoms with Crippen LogP contribution < -0.4 is 15.8 Å². The highest BCUT2D eigenvalue weighted by Gasteiger charge is 2.12. The molecular weight excluding hydrogens is 448 g/mol. The Morgan fingerprint density at radius 1 is 1.18 bits per heavy atom. The lowest BCUT2D eigenvalue weighted by molar-refractivity contribution is -0.119. The van der Waals surface area contributed by atoms with E-state index in [-0.39, 0.29) is 17.9 Å². The number of aromatic nitrogens is 1. The second-order valence-electron chi connectivity index (χ2n) is 8.92. The third kappa shape index (κ3) is 6.74. The van der Waals surface area contributed by atoms with Gasteiger partial charge < -0.3 is 15.8 Å². The van der Waals surface area contributed by atoms with Crippen LogP contribution in [0.4, 0.5) is 0 Å². The highest BCUT2D eigenvalue weighted by Crippen LogP contribution is 2.32. The second kappa shape index (κ2) is 10.6. The van der Waals surface area contributed by atoms with Crippen molar-refractivity contribution in [3.63, 3.8) is 0 Å². The Hall–Kier alpha value is -3.52. The molecule has 0 aliphatic carbocycles. The summed E-state index contributed by atoms with van der Waals surface area (Å²) < 4.78 is 18.1. The zero-order valence-corrected chi connectivity index (χ0v) is 20.9. The molecule has 3 aromatic rings. The number of allylic oxidation sites excluding steroid dienone is 1. The molecule has 0 fully saturated rings. The first-order valence-electron chi connectivity index (χ1n) is 10.8. The lowest BCUT2D eigenvalue weighted by Crippen LogP contribution is -2.26. The standard InChI is InChI=1S/C26H30N4O3S/c1-17-12-18(13-25(31)30-19(15-27)16-29-26(2,3)4)6-9-23(17)33-24-10-11-28-22-8-7-20(34(5)32)14-21(22)24/h6-12,14-16H,13,27H2,1-5H3,(H,30,31)/b19-15+,29-16?. The summed E-state index contributed by atoms with van der Waals surface area (Å²) in [6.45, 7) is 7.81. The molecule has 7 nitrogen and oxygen atoms in total. The van der Waals surface area contributed by atoms with E-state index >= 15 is 0 Å². The average Bonchev–Trinajstić information content (AvgIpc) is 2.77. The second-order valence-corrected chi connectivity index (χ2v) is 10.3. The summed E-state index contributed by atoms with van der Waals surface area (Å²) in [5.41, 5.74) is 8.30. The van der Waals surface area contributed by atoms with Crippen molar-refractivity contribution < 1.29 is 13.7 Å². The molecule has 178 valence electrons. The van der Waals surface area contributed by atoms with Gasteiger partial charge in [-0.1, -0.05) is 12.1 Å². The molecule has 0 spiro atoms. The summed E-state index contributed by atoms with van der Waals surface area (Å²) in [6.07, 6.45) is 6.40. The Kier molecular flexibility index (Phi) is 7.83. The van der Waals surface area contributed by atoms with E-state index in [1.165, 1.54) is 6.20 Å². The number of pyridine rings is 1. The van der Waals surface area contributed by atoms with Crippen molar-refractivity contribution in [2.75, 3.05) is 6.26 Å². The first kappa shape index (κ1) is 25.1. The molecule has 3 rings (SSSR count). The minimum atomic E-state index is -1.11. The number of benzene rings is 2. The van der Waals surface area contributed by atoms with E-state index in [9.17, 15) is 9.00 Å². The van der Waals surface area contributed by atoms with Gasteiger partial charge in [-0.05, 0) is 69.2 Å². The zero-order valence-electron chi connectivity index (χ0n) is 20.1. The Bertz CT molecular complexity index is 1290. The molecule has 2 aromatic carbocycles. The first-order valence-corrected chi connectivity index (χ1v) is 12.4. The maximum absolute atomic E-state index is 12.5. The van der Waals surface area contributed by atoms with Crippen molar-refractivity contribution in [2.24, 2.45) is 10.7 Å². The fourth-order valence-electron chi connectivity index (χ4n) is 3.19. The van der Waals surface area contributed by atoms with Crippen LogP contribution in [0.1, 0.15) is 31.9 Å². The SMILES string of the molecule is Cc1cc(CC(=O)N/C(C=NC(C)(C)C)=C/N)ccc1Oc1ccnc2ccc(S(C)=O)cc12. The molecule has 1 aromatic heterocycles. The van der Waals surface area contributed by atoms with Gasteiger partial charge in [-0.2, -0.15) is 0 Å². The number of rotatable bonds is 7. The Morgan fingerprint density at radius 2 is 1.94 bits per heavy atom. The van der Waals surface area contributed by atoms with Gasteiger partial charge in [-0.25, -0.2) is 0 Å². The number of hydrogen-bond acceptors (Lipinski definition) is 6. The van der Waals surface area contributed by atoms with Crippen molar-refractivity contribution in [1.82, 2.24) is 10.3 Å². The Morgan fingerprint density at radius 3 is 2.59 bits per heavy atom. The topological polar surface area (TPSA) is 107 Å². The van der Waals surface area contributed by atoms with Crippen LogP contribution in [0.5, 0.6) is 11.5 Å². The maximum Gasteiger partial charge on any atom is 0.228 e. The molecule has 0 saturated carbocycles. The van der Waals surface area contributed by atoms with Crippen molar-refractivity contribution in [3.8, 4) is 11.5 Å². The number of hydrogen-bond donors (Lipinski definition) is 2. The molecule has 0 aliphatic rings. The third-order valence-electron chi connectivity index (χ3n) is 4.88. The number of nitrogens with two attached hydrogens (primary N) is 1. The molecule has 1 heterocycles. The number of aliphatic imine (C=N–C) groups is 1. The summed E-state index contributed by atoms with van der Waals surface area (Å²) in [5.74, 6) is 1.10. The number of carbonyl (C=O) groups excluding carboxylic acids is 1. The minimum absolute atomic E-state index is 0.186. The van der Waals surface area contributed by atoms with Crippen molar-refractivity contribution in [2.45, 2.75) is 44.6 Å². The number of aryl methyl sites for hydroxylation is 1.